The van der Waals surface area contributed by atoms with Crippen molar-refractivity contribution in [2.75, 3.05) is 0 Å². The van der Waals surface area contributed by atoms with Gasteiger partial charge in [0.15, 0.2) is 0 Å². The topological polar surface area (TPSA) is 45.8 Å². The Hall–Kier alpha value is -2.24. The molecule has 3 heterocycles. The van der Waals surface area contributed by atoms with Crippen molar-refractivity contribution in [1.29, 1.82) is 0 Å². The van der Waals surface area contributed by atoms with Crippen LogP contribution in [0.1, 0.15) is 0 Å². The number of nitrogens with one attached hydrogen (secondary N) is 1. The van der Waals surface area contributed by atoms with Crippen LogP contribution >= 0.6 is 22.7 Å². The number of nitrogens with zero attached hydrogens (tertiary/aromatic N) is 1. The number of aromatic nitrogens is 2. The monoisotopic (exact) mass is 310 g/mol. The molecule has 4 rings (SSSR count). The normalized spacial score (nSPS) is 11.0. The molecule has 0 aliphatic heterocycles. The highest BCUT2D eigenvalue weighted by molar-refractivity contribution is 7.20. The Labute approximate surface area is 128 Å². The maximum atomic E-state index is 12.1. The van der Waals surface area contributed by atoms with Gasteiger partial charge in [0, 0.05) is 10.8 Å². The van der Waals surface area contributed by atoms with Gasteiger partial charge in [-0.1, -0.05) is 24.3 Å². The van der Waals surface area contributed by atoms with Crippen molar-refractivity contribution in [1.82, 2.24) is 9.97 Å². The predicted octanol–water partition coefficient (Wildman–Crippen LogP) is 4.38. The molecule has 0 saturated carbocycles. The zero-order valence-electron chi connectivity index (χ0n) is 10.9. The van der Waals surface area contributed by atoms with E-state index in [1.54, 1.807) is 22.7 Å². The number of benzene rings is 1. The van der Waals surface area contributed by atoms with Crippen molar-refractivity contribution >= 4 is 33.4 Å². The van der Waals surface area contributed by atoms with Gasteiger partial charge in [0.2, 0.25) is 0 Å². The van der Waals surface area contributed by atoms with Crippen LogP contribution in [-0.2, 0) is 0 Å². The first-order valence-corrected chi connectivity index (χ1v) is 8.19. The highest BCUT2D eigenvalue weighted by Crippen LogP contribution is 2.31. The van der Waals surface area contributed by atoms with Gasteiger partial charge in [0.05, 0.1) is 16.3 Å². The molecule has 0 bridgehead atoms. The van der Waals surface area contributed by atoms with Gasteiger partial charge in [-0.25, -0.2) is 4.98 Å². The molecule has 3 aromatic heterocycles. The molecule has 1 aromatic carbocycles. The first-order valence-electron chi connectivity index (χ1n) is 6.43. The van der Waals surface area contributed by atoms with Crippen LogP contribution in [0.15, 0.2) is 58.0 Å². The van der Waals surface area contributed by atoms with Crippen molar-refractivity contribution in [3.63, 3.8) is 0 Å². The quantitative estimate of drug-likeness (QED) is 0.597. The summed E-state index contributed by atoms with van der Waals surface area (Å²) in [5, 5.41) is 6.63. The summed E-state index contributed by atoms with van der Waals surface area (Å²) in [6, 6.07) is 13.6. The molecule has 0 atom stereocenters. The Morgan fingerprint density at radius 2 is 1.95 bits per heavy atom. The van der Waals surface area contributed by atoms with Gasteiger partial charge in [-0.3, -0.25) is 4.79 Å². The Kier molecular flexibility index (Phi) is 2.94. The average Bonchev–Trinajstić information content (AvgIpc) is 3.18. The number of aromatic amines is 1. The van der Waals surface area contributed by atoms with Crippen molar-refractivity contribution in [3.05, 3.63) is 63.6 Å². The summed E-state index contributed by atoms with van der Waals surface area (Å²) in [6.45, 7) is 0. The van der Waals surface area contributed by atoms with Crippen LogP contribution in [0.5, 0.6) is 0 Å². The molecular formula is C16H10N2OS2. The van der Waals surface area contributed by atoms with Crippen LogP contribution < -0.4 is 5.56 Å². The second-order valence-corrected chi connectivity index (χ2v) is 6.42. The lowest BCUT2D eigenvalue weighted by Gasteiger charge is -2.00. The Balaban J connectivity index is 1.85. The van der Waals surface area contributed by atoms with E-state index < -0.39 is 0 Å². The number of thiophene rings is 1. The number of thiazole rings is 1. The van der Waals surface area contributed by atoms with E-state index in [0.29, 0.717) is 5.39 Å². The molecule has 0 unspecified atom stereocenters. The smallest absolute Gasteiger partial charge is 0.256 e. The van der Waals surface area contributed by atoms with Gasteiger partial charge >= 0.3 is 0 Å². The first-order chi connectivity index (χ1) is 10.3. The molecule has 5 heteroatoms. The molecule has 1 N–H and O–H groups in total. The number of H-pyrrole nitrogens is 1. The van der Waals surface area contributed by atoms with Crippen LogP contribution in [0.4, 0.5) is 0 Å². The fraction of sp³-hybridized carbons (Fsp3) is 0. The Morgan fingerprint density at radius 1 is 1.05 bits per heavy atom. The maximum Gasteiger partial charge on any atom is 0.256 e. The third kappa shape index (κ3) is 2.20. The summed E-state index contributed by atoms with van der Waals surface area (Å²) in [7, 11) is 0. The minimum absolute atomic E-state index is 0.0752. The molecule has 0 aliphatic carbocycles. The molecule has 0 fully saturated rings. The maximum absolute atomic E-state index is 12.1. The largest absolute Gasteiger partial charge is 0.320 e. The van der Waals surface area contributed by atoms with Crippen molar-refractivity contribution in [2.45, 2.75) is 0 Å². The lowest BCUT2D eigenvalue weighted by Crippen LogP contribution is -2.06. The number of fused-ring (bicyclic) bond motifs is 1. The van der Waals surface area contributed by atoms with E-state index in [2.05, 4.69) is 16.0 Å². The highest BCUT2D eigenvalue weighted by Gasteiger charge is 2.09. The van der Waals surface area contributed by atoms with Crippen LogP contribution in [0.2, 0.25) is 0 Å². The van der Waals surface area contributed by atoms with Crippen molar-refractivity contribution in [3.8, 4) is 21.3 Å². The van der Waals surface area contributed by atoms with E-state index in [4.69, 9.17) is 0 Å². The molecule has 0 amide bonds. The third-order valence-corrected chi connectivity index (χ3v) is 5.15. The van der Waals surface area contributed by atoms with E-state index in [-0.39, 0.29) is 5.56 Å². The fourth-order valence-electron chi connectivity index (χ4n) is 2.26. The standard InChI is InChI=1S/C16H10N2OS2/c19-15-11-5-2-1-4-10(11)8-12(17-15)13-9-21-16(18-13)14-6-3-7-20-14/h1-9H,(H,17,19). The lowest BCUT2D eigenvalue weighted by molar-refractivity contribution is 1.25. The molecule has 4 aromatic rings. The van der Waals surface area contributed by atoms with Gasteiger partial charge < -0.3 is 4.98 Å². The minimum Gasteiger partial charge on any atom is -0.320 e. The van der Waals surface area contributed by atoms with E-state index in [1.807, 2.05) is 47.2 Å². The van der Waals surface area contributed by atoms with E-state index in [1.165, 1.54) is 0 Å². The third-order valence-electron chi connectivity index (χ3n) is 3.27. The Morgan fingerprint density at radius 3 is 2.81 bits per heavy atom. The number of pyridine rings is 1. The molecule has 3 nitrogen and oxygen atoms in total. The molecule has 102 valence electrons. The zero-order chi connectivity index (χ0) is 14.2. The van der Waals surface area contributed by atoms with Crippen LogP contribution in [-0.4, -0.2) is 9.97 Å². The van der Waals surface area contributed by atoms with E-state index >= 15 is 0 Å². The molecular weight excluding hydrogens is 300 g/mol. The highest BCUT2D eigenvalue weighted by atomic mass is 32.1. The van der Waals surface area contributed by atoms with Crippen molar-refractivity contribution < 1.29 is 0 Å². The molecule has 0 aliphatic rings. The van der Waals surface area contributed by atoms with Gasteiger partial charge in [0.1, 0.15) is 5.01 Å². The summed E-state index contributed by atoms with van der Waals surface area (Å²) in [4.78, 5) is 20.8. The summed E-state index contributed by atoms with van der Waals surface area (Å²) in [6.07, 6.45) is 0. The Bertz CT molecular complexity index is 967. The molecule has 0 radical (unpaired) electrons. The SMILES string of the molecule is O=c1[nH]c(-c2csc(-c3cccs3)n2)cc2ccccc12. The summed E-state index contributed by atoms with van der Waals surface area (Å²) in [5.41, 5.74) is 1.50. The number of rotatable bonds is 2. The van der Waals surface area contributed by atoms with E-state index in [0.717, 1.165) is 26.7 Å². The first kappa shape index (κ1) is 12.5. The molecule has 21 heavy (non-hydrogen) atoms. The van der Waals surface area contributed by atoms with Crippen molar-refractivity contribution in [2.24, 2.45) is 0 Å². The van der Waals surface area contributed by atoms with Gasteiger partial charge in [-0.2, -0.15) is 0 Å². The van der Waals surface area contributed by atoms with Gasteiger partial charge in [-0.05, 0) is 29.0 Å². The zero-order valence-corrected chi connectivity index (χ0v) is 12.5. The van der Waals surface area contributed by atoms with E-state index in [9.17, 15) is 4.79 Å². The van der Waals surface area contributed by atoms with Gasteiger partial charge in [0.25, 0.3) is 5.56 Å². The summed E-state index contributed by atoms with van der Waals surface area (Å²) in [5.74, 6) is 0. The van der Waals surface area contributed by atoms with Crippen LogP contribution in [0.3, 0.4) is 0 Å². The predicted molar refractivity (Wildman–Crippen MR) is 89.0 cm³/mol. The summed E-state index contributed by atoms with van der Waals surface area (Å²) >= 11 is 3.26. The van der Waals surface area contributed by atoms with Crippen LogP contribution in [0.25, 0.3) is 32.0 Å². The minimum atomic E-state index is -0.0752. The molecule has 0 saturated heterocycles. The fourth-order valence-corrected chi connectivity index (χ4v) is 3.89. The van der Waals surface area contributed by atoms with Gasteiger partial charge in [-0.15, -0.1) is 22.7 Å². The second kappa shape index (κ2) is 4.95. The van der Waals surface area contributed by atoms with Crippen LogP contribution in [0, 0.1) is 0 Å². The number of hydrogen-bond acceptors (Lipinski definition) is 4. The average molecular weight is 310 g/mol. The summed E-state index contributed by atoms with van der Waals surface area (Å²) < 4.78 is 0. The second-order valence-electron chi connectivity index (χ2n) is 4.61. The molecule has 0 spiro atoms. The number of hydrogen-bond donors (Lipinski definition) is 1. The lowest BCUT2D eigenvalue weighted by atomic mass is 10.1.